The van der Waals surface area contributed by atoms with Gasteiger partial charge in [0.1, 0.15) is 0 Å². The second-order valence-corrected chi connectivity index (χ2v) is 7.65. The Morgan fingerprint density at radius 1 is 1.14 bits per heavy atom. The zero-order chi connectivity index (χ0) is 21.9. The van der Waals surface area contributed by atoms with Crippen LogP contribution in [0.25, 0.3) is 0 Å². The first kappa shape index (κ1) is 27.2. The number of hydrogen-bond donors (Lipinski definition) is 2. The molecule has 0 radical (unpaired) electrons. The highest BCUT2D eigenvalue weighted by molar-refractivity contribution is 5.76. The van der Waals surface area contributed by atoms with Crippen LogP contribution >= 0.6 is 0 Å². The van der Waals surface area contributed by atoms with Crippen LogP contribution in [-0.4, -0.2) is 76.2 Å². The molecule has 0 unspecified atom stereocenters. The molecule has 0 spiro atoms. The van der Waals surface area contributed by atoms with Gasteiger partial charge in [0.05, 0.1) is 6.61 Å². The van der Waals surface area contributed by atoms with Crippen LogP contribution < -0.4 is 10.6 Å². The Morgan fingerprint density at radius 3 is 2.52 bits per heavy atom. The summed E-state index contributed by atoms with van der Waals surface area (Å²) in [4.78, 5) is 16.6. The summed E-state index contributed by atoms with van der Waals surface area (Å²) in [5.41, 5.74) is 2.33. The van der Waals surface area contributed by atoms with Gasteiger partial charge in [-0.25, -0.2) is 0 Å². The first-order valence-electron chi connectivity index (χ1n) is 10.8. The maximum atomic E-state index is 12.5. The Labute approximate surface area is 179 Å². The normalized spacial score (nSPS) is 11.9. The average molecular weight is 409 g/mol. The number of likely N-dealkylation sites (N-methyl/N-ethyl adjacent to an activating group) is 2. The van der Waals surface area contributed by atoms with Crippen molar-refractivity contribution in [3.05, 3.63) is 36.2 Å². The molecule has 0 aromatic heterocycles. The van der Waals surface area contributed by atoms with Gasteiger partial charge in [-0.1, -0.05) is 17.7 Å². The summed E-state index contributed by atoms with van der Waals surface area (Å²) in [6, 6.07) is 0. The van der Waals surface area contributed by atoms with E-state index in [4.69, 9.17) is 4.74 Å². The molecule has 0 saturated carbocycles. The predicted octanol–water partition coefficient (Wildman–Crippen LogP) is 3.15. The van der Waals surface area contributed by atoms with Crippen molar-refractivity contribution >= 4 is 5.91 Å². The standard InChI is InChI=1S/C23H44N4O2/c1-7-8-15-27(16-18-29-17-11-12-21(2)3)23(28)13-9-10-14-25-19-22(24-4)20-26(5)6/h7-8,19,24-25H,2,9-18,20H2,1,3-6H3/b8-7+,22-19-. The van der Waals surface area contributed by atoms with Crippen LogP contribution in [0.15, 0.2) is 36.2 Å². The van der Waals surface area contributed by atoms with Crippen molar-refractivity contribution < 1.29 is 9.53 Å². The van der Waals surface area contributed by atoms with E-state index in [0.717, 1.165) is 51.1 Å². The van der Waals surface area contributed by atoms with Crippen molar-refractivity contribution in [1.29, 1.82) is 0 Å². The van der Waals surface area contributed by atoms with E-state index in [9.17, 15) is 4.79 Å². The first-order chi connectivity index (χ1) is 13.9. The summed E-state index contributed by atoms with van der Waals surface area (Å²) >= 11 is 0. The highest BCUT2D eigenvalue weighted by atomic mass is 16.5. The minimum Gasteiger partial charge on any atom is -0.389 e. The van der Waals surface area contributed by atoms with E-state index in [0.29, 0.717) is 26.1 Å². The lowest BCUT2D eigenvalue weighted by Gasteiger charge is -2.21. The first-order valence-corrected chi connectivity index (χ1v) is 10.8. The van der Waals surface area contributed by atoms with Crippen molar-refractivity contribution in [2.24, 2.45) is 0 Å². The maximum Gasteiger partial charge on any atom is 0.222 e. The number of ether oxygens (including phenoxy) is 1. The van der Waals surface area contributed by atoms with Gasteiger partial charge in [0, 0.05) is 58.2 Å². The monoisotopic (exact) mass is 408 g/mol. The molecule has 0 rings (SSSR count). The highest BCUT2D eigenvalue weighted by Gasteiger charge is 2.11. The summed E-state index contributed by atoms with van der Waals surface area (Å²) < 4.78 is 5.68. The molecular formula is C23H44N4O2. The van der Waals surface area contributed by atoms with Gasteiger partial charge < -0.3 is 25.2 Å². The lowest BCUT2D eigenvalue weighted by atomic mass is 10.2. The number of unbranched alkanes of at least 4 members (excludes halogenated alkanes) is 1. The second kappa shape index (κ2) is 18.3. The fraction of sp³-hybridized carbons (Fsp3) is 0.696. The van der Waals surface area contributed by atoms with Gasteiger partial charge in [0.15, 0.2) is 0 Å². The number of carbonyl (C=O) groups excluding carboxylic acids is 1. The van der Waals surface area contributed by atoms with Gasteiger partial charge in [-0.05, 0) is 53.6 Å². The van der Waals surface area contributed by atoms with Crippen LogP contribution in [0.1, 0.15) is 46.0 Å². The second-order valence-electron chi connectivity index (χ2n) is 7.65. The number of allylic oxidation sites excluding steroid dienone is 2. The fourth-order valence-corrected chi connectivity index (χ4v) is 2.70. The number of nitrogens with zero attached hydrogens (tertiary/aromatic N) is 2. The molecule has 6 heteroatoms. The highest BCUT2D eigenvalue weighted by Crippen LogP contribution is 2.03. The van der Waals surface area contributed by atoms with Gasteiger partial charge in [-0.3, -0.25) is 4.79 Å². The van der Waals surface area contributed by atoms with Gasteiger partial charge >= 0.3 is 0 Å². The molecular weight excluding hydrogens is 364 g/mol. The fourth-order valence-electron chi connectivity index (χ4n) is 2.70. The Hall–Kier alpha value is -1.79. The summed E-state index contributed by atoms with van der Waals surface area (Å²) in [6.07, 6.45) is 10.4. The molecule has 29 heavy (non-hydrogen) atoms. The number of nitrogens with one attached hydrogen (secondary N) is 2. The van der Waals surface area contributed by atoms with Gasteiger partial charge in [-0.2, -0.15) is 0 Å². The molecule has 168 valence electrons. The minimum absolute atomic E-state index is 0.202. The number of carbonyl (C=O) groups is 1. The number of rotatable bonds is 18. The minimum atomic E-state index is 0.202. The van der Waals surface area contributed by atoms with Crippen LogP contribution in [0.2, 0.25) is 0 Å². The average Bonchev–Trinajstić information content (AvgIpc) is 2.67. The van der Waals surface area contributed by atoms with E-state index < -0.39 is 0 Å². The Morgan fingerprint density at radius 2 is 1.90 bits per heavy atom. The van der Waals surface area contributed by atoms with E-state index >= 15 is 0 Å². The molecule has 2 N–H and O–H groups in total. The van der Waals surface area contributed by atoms with Crippen molar-refractivity contribution in [2.45, 2.75) is 46.0 Å². The maximum absolute atomic E-state index is 12.5. The Bertz CT molecular complexity index is 501. The van der Waals surface area contributed by atoms with Crippen LogP contribution in [0.5, 0.6) is 0 Å². The SMILES string of the molecule is C=C(C)CCCOCCN(C/C=C/C)C(=O)CCCCN/C=C(/CN(C)C)NC. The van der Waals surface area contributed by atoms with E-state index in [1.54, 1.807) is 0 Å². The molecule has 0 aromatic carbocycles. The summed E-state index contributed by atoms with van der Waals surface area (Å²) in [6.45, 7) is 12.3. The molecule has 0 aliphatic carbocycles. The van der Waals surface area contributed by atoms with E-state index in [2.05, 4.69) is 22.1 Å². The molecule has 0 atom stereocenters. The van der Waals surface area contributed by atoms with Crippen molar-refractivity contribution in [3.8, 4) is 0 Å². The Balaban J connectivity index is 4.10. The molecule has 0 fully saturated rings. The van der Waals surface area contributed by atoms with Gasteiger partial charge in [0.25, 0.3) is 0 Å². The molecule has 0 heterocycles. The van der Waals surface area contributed by atoms with Gasteiger partial charge in [0.2, 0.25) is 5.91 Å². The van der Waals surface area contributed by atoms with Crippen LogP contribution in [0, 0.1) is 0 Å². The van der Waals surface area contributed by atoms with Crippen LogP contribution in [0.3, 0.4) is 0 Å². The summed E-state index contributed by atoms with van der Waals surface area (Å²) in [5.74, 6) is 0.202. The number of amides is 1. The van der Waals surface area contributed by atoms with Crippen molar-refractivity contribution in [2.75, 3.05) is 60.5 Å². The molecule has 0 bridgehead atoms. The molecule has 6 nitrogen and oxygen atoms in total. The summed E-state index contributed by atoms with van der Waals surface area (Å²) in [7, 11) is 6.02. The van der Waals surface area contributed by atoms with Crippen molar-refractivity contribution in [1.82, 2.24) is 20.4 Å². The predicted molar refractivity (Wildman–Crippen MR) is 124 cm³/mol. The van der Waals surface area contributed by atoms with E-state index in [1.807, 2.05) is 58.2 Å². The zero-order valence-corrected chi connectivity index (χ0v) is 19.4. The van der Waals surface area contributed by atoms with E-state index in [1.165, 1.54) is 5.57 Å². The van der Waals surface area contributed by atoms with Gasteiger partial charge in [-0.15, -0.1) is 6.58 Å². The molecule has 0 aliphatic rings. The van der Waals surface area contributed by atoms with Crippen molar-refractivity contribution in [3.63, 3.8) is 0 Å². The quantitative estimate of drug-likeness (QED) is 0.270. The topological polar surface area (TPSA) is 56.8 Å². The van der Waals surface area contributed by atoms with E-state index in [-0.39, 0.29) is 5.91 Å². The third-order valence-corrected chi connectivity index (χ3v) is 4.36. The lowest BCUT2D eigenvalue weighted by molar-refractivity contribution is -0.131. The third-order valence-electron chi connectivity index (χ3n) is 4.36. The molecule has 0 saturated heterocycles. The molecule has 0 aliphatic heterocycles. The molecule has 1 amide bonds. The Kier molecular flexibility index (Phi) is 17.1. The molecule has 0 aromatic rings. The van der Waals surface area contributed by atoms with Crippen LogP contribution in [0.4, 0.5) is 0 Å². The lowest BCUT2D eigenvalue weighted by Crippen LogP contribution is -2.34. The largest absolute Gasteiger partial charge is 0.389 e. The third kappa shape index (κ3) is 16.8. The van der Waals surface area contributed by atoms with Crippen LogP contribution in [-0.2, 0) is 9.53 Å². The smallest absolute Gasteiger partial charge is 0.222 e. The zero-order valence-electron chi connectivity index (χ0n) is 19.4. The summed E-state index contributed by atoms with van der Waals surface area (Å²) in [5, 5.41) is 6.52. The number of hydrogen-bond acceptors (Lipinski definition) is 5.